The minimum absolute atomic E-state index is 0.0295. The van der Waals surface area contributed by atoms with E-state index in [0.717, 1.165) is 18.7 Å². The van der Waals surface area contributed by atoms with Gasteiger partial charge in [0.15, 0.2) is 0 Å². The first-order valence-electron chi connectivity index (χ1n) is 7.33. The molecule has 1 heterocycles. The standard InChI is InChI=1S/C16H25N3O2/c1-17-14-8-9-19(16(14)20)11-15(18(2)3)12-6-5-7-13(10-12)21-4/h5-7,10,14-15,17H,8-9,11H2,1-4H3. The fourth-order valence-electron chi connectivity index (χ4n) is 2.81. The normalized spacial score (nSPS) is 20.1. The molecular formula is C16H25N3O2. The third kappa shape index (κ3) is 3.54. The number of ether oxygens (including phenoxy) is 1. The molecule has 0 bridgehead atoms. The minimum Gasteiger partial charge on any atom is -0.497 e. The summed E-state index contributed by atoms with van der Waals surface area (Å²) in [6, 6.07) is 8.20. The van der Waals surface area contributed by atoms with Crippen LogP contribution in [0.4, 0.5) is 0 Å². The van der Waals surface area contributed by atoms with E-state index in [1.807, 2.05) is 44.2 Å². The van der Waals surface area contributed by atoms with Crippen LogP contribution in [0.15, 0.2) is 24.3 Å². The maximum absolute atomic E-state index is 12.3. The lowest BCUT2D eigenvalue weighted by molar-refractivity contribution is -0.129. The van der Waals surface area contributed by atoms with Crippen molar-refractivity contribution >= 4 is 5.91 Å². The first-order chi connectivity index (χ1) is 10.1. The zero-order chi connectivity index (χ0) is 15.4. The SMILES string of the molecule is CNC1CCN(CC(c2cccc(OC)c2)N(C)C)C1=O. The molecule has 0 spiro atoms. The number of carbonyl (C=O) groups is 1. The molecule has 5 heteroatoms. The number of methoxy groups -OCH3 is 1. The van der Waals surface area contributed by atoms with Crippen LogP contribution in [0.5, 0.6) is 5.75 Å². The van der Waals surface area contributed by atoms with E-state index in [2.05, 4.69) is 16.3 Å². The lowest BCUT2D eigenvalue weighted by atomic mass is 10.1. The van der Waals surface area contributed by atoms with Gasteiger partial charge in [0.1, 0.15) is 5.75 Å². The van der Waals surface area contributed by atoms with Gasteiger partial charge in [-0.2, -0.15) is 0 Å². The Hall–Kier alpha value is -1.59. The van der Waals surface area contributed by atoms with Crippen LogP contribution in [0.2, 0.25) is 0 Å². The van der Waals surface area contributed by atoms with Gasteiger partial charge in [-0.3, -0.25) is 4.79 Å². The van der Waals surface area contributed by atoms with Gasteiger partial charge in [-0.1, -0.05) is 12.1 Å². The van der Waals surface area contributed by atoms with Crippen molar-refractivity contribution in [3.05, 3.63) is 29.8 Å². The van der Waals surface area contributed by atoms with Gasteiger partial charge in [0.2, 0.25) is 5.91 Å². The fourth-order valence-corrected chi connectivity index (χ4v) is 2.81. The summed E-state index contributed by atoms with van der Waals surface area (Å²) in [5.41, 5.74) is 1.17. The number of rotatable bonds is 6. The molecule has 1 saturated heterocycles. The molecule has 1 aliphatic heterocycles. The van der Waals surface area contributed by atoms with Crippen LogP contribution >= 0.6 is 0 Å². The van der Waals surface area contributed by atoms with Crippen LogP contribution < -0.4 is 10.1 Å². The van der Waals surface area contributed by atoms with Gasteiger partial charge in [0, 0.05) is 13.1 Å². The van der Waals surface area contributed by atoms with Crippen LogP contribution in [0.3, 0.4) is 0 Å². The average molecular weight is 291 g/mol. The third-order valence-electron chi connectivity index (χ3n) is 4.14. The number of likely N-dealkylation sites (N-methyl/N-ethyl adjacent to an activating group) is 2. The maximum atomic E-state index is 12.3. The lowest BCUT2D eigenvalue weighted by Crippen LogP contribution is -2.40. The van der Waals surface area contributed by atoms with E-state index < -0.39 is 0 Å². The van der Waals surface area contributed by atoms with Crippen molar-refractivity contribution in [2.24, 2.45) is 0 Å². The molecule has 2 rings (SSSR count). The quantitative estimate of drug-likeness (QED) is 0.853. The molecule has 1 aliphatic rings. The van der Waals surface area contributed by atoms with Gasteiger partial charge in [0.05, 0.1) is 19.2 Å². The summed E-state index contributed by atoms with van der Waals surface area (Å²) in [4.78, 5) is 16.4. The predicted octanol–water partition coefficient (Wildman–Crippen LogP) is 1.12. The van der Waals surface area contributed by atoms with Crippen molar-refractivity contribution in [2.45, 2.75) is 18.5 Å². The van der Waals surface area contributed by atoms with Crippen LogP contribution in [-0.4, -0.2) is 63.1 Å². The monoisotopic (exact) mass is 291 g/mol. The molecule has 0 aliphatic carbocycles. The van der Waals surface area contributed by atoms with E-state index in [1.165, 1.54) is 5.56 Å². The van der Waals surface area contributed by atoms with Gasteiger partial charge in [-0.25, -0.2) is 0 Å². The van der Waals surface area contributed by atoms with Gasteiger partial charge < -0.3 is 19.9 Å². The van der Waals surface area contributed by atoms with Crippen molar-refractivity contribution in [1.29, 1.82) is 0 Å². The van der Waals surface area contributed by atoms with Crippen LogP contribution in [-0.2, 0) is 4.79 Å². The number of benzene rings is 1. The second kappa shape index (κ2) is 6.91. The molecule has 2 unspecified atom stereocenters. The Morgan fingerprint density at radius 3 is 2.81 bits per heavy atom. The highest BCUT2D eigenvalue weighted by atomic mass is 16.5. The molecule has 0 saturated carbocycles. The molecule has 21 heavy (non-hydrogen) atoms. The Morgan fingerprint density at radius 1 is 1.48 bits per heavy atom. The zero-order valence-electron chi connectivity index (χ0n) is 13.3. The topological polar surface area (TPSA) is 44.8 Å². The van der Waals surface area contributed by atoms with E-state index in [9.17, 15) is 4.79 Å². The van der Waals surface area contributed by atoms with Gasteiger partial charge in [-0.05, 0) is 45.3 Å². The average Bonchev–Trinajstić information content (AvgIpc) is 2.84. The summed E-state index contributed by atoms with van der Waals surface area (Å²) in [5, 5.41) is 3.08. The Kier molecular flexibility index (Phi) is 5.20. The molecule has 5 nitrogen and oxygen atoms in total. The Morgan fingerprint density at radius 2 is 2.24 bits per heavy atom. The number of nitrogens with one attached hydrogen (secondary N) is 1. The number of hydrogen-bond acceptors (Lipinski definition) is 4. The molecule has 116 valence electrons. The minimum atomic E-state index is -0.0295. The van der Waals surface area contributed by atoms with Crippen molar-refractivity contribution < 1.29 is 9.53 Å². The van der Waals surface area contributed by atoms with Gasteiger partial charge >= 0.3 is 0 Å². The zero-order valence-corrected chi connectivity index (χ0v) is 13.3. The molecule has 1 amide bonds. The first-order valence-corrected chi connectivity index (χ1v) is 7.33. The summed E-state index contributed by atoms with van der Waals surface area (Å²) in [6.07, 6.45) is 0.883. The molecule has 1 aromatic carbocycles. The van der Waals surface area contributed by atoms with Gasteiger partial charge in [-0.15, -0.1) is 0 Å². The maximum Gasteiger partial charge on any atom is 0.239 e. The third-order valence-corrected chi connectivity index (χ3v) is 4.14. The van der Waals surface area contributed by atoms with E-state index >= 15 is 0 Å². The highest BCUT2D eigenvalue weighted by Crippen LogP contribution is 2.25. The van der Waals surface area contributed by atoms with Crippen molar-refractivity contribution in [3.63, 3.8) is 0 Å². The molecule has 0 aromatic heterocycles. The Bertz CT molecular complexity index is 490. The van der Waals surface area contributed by atoms with Crippen molar-refractivity contribution in [2.75, 3.05) is 41.3 Å². The number of likely N-dealkylation sites (tertiary alicyclic amines) is 1. The Labute approximate surface area is 126 Å². The van der Waals surface area contributed by atoms with Crippen LogP contribution in [0, 0.1) is 0 Å². The highest BCUT2D eigenvalue weighted by Gasteiger charge is 2.32. The second-order valence-corrected chi connectivity index (χ2v) is 5.67. The van der Waals surface area contributed by atoms with Gasteiger partial charge in [0.25, 0.3) is 0 Å². The van der Waals surface area contributed by atoms with E-state index in [1.54, 1.807) is 7.11 Å². The molecule has 1 aromatic rings. The van der Waals surface area contributed by atoms with E-state index in [-0.39, 0.29) is 18.0 Å². The first kappa shape index (κ1) is 15.8. The fraction of sp³-hybridized carbons (Fsp3) is 0.562. The summed E-state index contributed by atoms with van der Waals surface area (Å²) in [7, 11) is 7.60. The summed E-state index contributed by atoms with van der Waals surface area (Å²) >= 11 is 0. The van der Waals surface area contributed by atoms with E-state index in [4.69, 9.17) is 4.74 Å². The Balaban J connectivity index is 2.14. The van der Waals surface area contributed by atoms with Crippen LogP contribution in [0.25, 0.3) is 0 Å². The lowest BCUT2D eigenvalue weighted by Gasteiger charge is -2.29. The molecular weight excluding hydrogens is 266 g/mol. The molecule has 2 atom stereocenters. The van der Waals surface area contributed by atoms with Crippen molar-refractivity contribution in [3.8, 4) is 5.75 Å². The van der Waals surface area contributed by atoms with Crippen LogP contribution in [0.1, 0.15) is 18.0 Å². The molecule has 1 fully saturated rings. The summed E-state index contributed by atoms with van der Waals surface area (Å²) in [5.74, 6) is 1.05. The van der Waals surface area contributed by atoms with Crippen molar-refractivity contribution in [1.82, 2.24) is 15.1 Å². The predicted molar refractivity (Wildman–Crippen MR) is 83.5 cm³/mol. The smallest absolute Gasteiger partial charge is 0.239 e. The molecule has 1 N–H and O–H groups in total. The number of nitrogens with zero attached hydrogens (tertiary/aromatic N) is 2. The second-order valence-electron chi connectivity index (χ2n) is 5.67. The summed E-state index contributed by atoms with van der Waals surface area (Å²) < 4.78 is 5.30. The van der Waals surface area contributed by atoms with E-state index in [0.29, 0.717) is 6.54 Å². The largest absolute Gasteiger partial charge is 0.497 e. The summed E-state index contributed by atoms with van der Waals surface area (Å²) in [6.45, 7) is 1.52. The number of hydrogen-bond donors (Lipinski definition) is 1. The number of carbonyl (C=O) groups excluding carboxylic acids is 1. The molecule has 0 radical (unpaired) electrons. The highest BCUT2D eigenvalue weighted by molar-refractivity contribution is 5.84. The number of amides is 1.